The third kappa shape index (κ3) is 4.38. The number of nitrogens with zero attached hydrogens (tertiary/aromatic N) is 1. The van der Waals surface area contributed by atoms with Crippen LogP contribution in [-0.2, 0) is 10.0 Å². The Hall–Kier alpha value is -2.23. The van der Waals surface area contributed by atoms with Crippen molar-refractivity contribution < 1.29 is 13.3 Å². The van der Waals surface area contributed by atoms with Crippen molar-refractivity contribution in [3.63, 3.8) is 0 Å². The molecule has 0 aliphatic heterocycles. The summed E-state index contributed by atoms with van der Waals surface area (Å²) in [5.41, 5.74) is 0.0642. The van der Waals surface area contributed by atoms with E-state index in [1.165, 1.54) is 24.3 Å². The zero-order valence-electron chi connectivity index (χ0n) is 11.4. The summed E-state index contributed by atoms with van der Waals surface area (Å²) < 4.78 is 26.4. The molecular weight excluding hydrogens is 362 g/mol. The van der Waals surface area contributed by atoms with E-state index in [0.717, 1.165) is 6.07 Å². The van der Waals surface area contributed by atoms with E-state index in [1.807, 2.05) is 0 Å². The topological polar surface area (TPSA) is 101 Å². The van der Waals surface area contributed by atoms with Crippen LogP contribution in [0.2, 0.25) is 5.02 Å². The smallest absolute Gasteiger partial charge is 0.271 e. The van der Waals surface area contributed by atoms with E-state index in [1.54, 1.807) is 18.2 Å². The minimum absolute atomic E-state index is 0.0421. The molecule has 0 radical (unpaired) electrons. The van der Waals surface area contributed by atoms with Gasteiger partial charge in [0.2, 0.25) is 0 Å². The van der Waals surface area contributed by atoms with Crippen LogP contribution < -0.4 is 10.0 Å². The molecular formula is C13H10ClN3O4S2. The second-order valence-corrected chi connectivity index (χ2v) is 6.79. The van der Waals surface area contributed by atoms with Gasteiger partial charge >= 0.3 is 0 Å². The van der Waals surface area contributed by atoms with E-state index in [9.17, 15) is 18.5 Å². The summed E-state index contributed by atoms with van der Waals surface area (Å²) in [6.45, 7) is 0. The highest BCUT2D eigenvalue weighted by atomic mass is 35.5. The average molecular weight is 372 g/mol. The zero-order chi connectivity index (χ0) is 17.0. The van der Waals surface area contributed by atoms with Gasteiger partial charge in [0, 0.05) is 12.1 Å². The number of non-ortho nitro benzene ring substituents is 1. The number of sulfonamides is 1. The normalized spacial score (nSPS) is 10.8. The molecule has 2 rings (SSSR count). The largest absolute Gasteiger partial charge is 0.331 e. The number of rotatable bonds is 4. The maximum absolute atomic E-state index is 12.1. The highest BCUT2D eigenvalue weighted by molar-refractivity contribution is 7.92. The Morgan fingerprint density at radius 1 is 1.17 bits per heavy atom. The second-order valence-electron chi connectivity index (χ2n) is 4.29. The van der Waals surface area contributed by atoms with Crippen molar-refractivity contribution in [3.05, 3.63) is 63.7 Å². The Kier molecular flexibility index (Phi) is 5.14. The monoisotopic (exact) mass is 371 g/mol. The van der Waals surface area contributed by atoms with Crippen LogP contribution in [0.25, 0.3) is 0 Å². The standard InChI is InChI=1S/C13H10ClN3O4S2/c14-11-8-9(17(18)19)6-7-12(11)15-13(22)16-23(20,21)10-4-2-1-3-5-10/h1-8H,(H2,15,16,22). The van der Waals surface area contributed by atoms with Gasteiger partial charge in [-0.2, -0.15) is 0 Å². The SMILES string of the molecule is O=[N+]([O-])c1ccc(NC(=S)NS(=O)(=O)c2ccccc2)c(Cl)c1. The van der Waals surface area contributed by atoms with Gasteiger partial charge in [0.25, 0.3) is 15.7 Å². The number of benzene rings is 2. The zero-order valence-corrected chi connectivity index (χ0v) is 13.8. The Morgan fingerprint density at radius 2 is 1.83 bits per heavy atom. The van der Waals surface area contributed by atoms with Gasteiger partial charge in [-0.25, -0.2) is 8.42 Å². The van der Waals surface area contributed by atoms with Crippen molar-refractivity contribution in [2.24, 2.45) is 0 Å². The van der Waals surface area contributed by atoms with Gasteiger partial charge in [-0.05, 0) is 30.4 Å². The highest BCUT2D eigenvalue weighted by Gasteiger charge is 2.16. The number of nitrogens with one attached hydrogen (secondary N) is 2. The van der Waals surface area contributed by atoms with Crippen molar-refractivity contribution in [1.82, 2.24) is 4.72 Å². The lowest BCUT2D eigenvalue weighted by atomic mass is 10.3. The lowest BCUT2D eigenvalue weighted by Crippen LogP contribution is -2.34. The molecule has 0 aromatic heterocycles. The molecule has 2 aromatic rings. The maximum Gasteiger partial charge on any atom is 0.271 e. The van der Waals surface area contributed by atoms with Crippen LogP contribution in [0.15, 0.2) is 53.4 Å². The van der Waals surface area contributed by atoms with Crippen LogP contribution >= 0.6 is 23.8 Å². The number of nitro groups is 1. The molecule has 2 aromatic carbocycles. The molecule has 0 aliphatic rings. The number of anilines is 1. The number of hydrogen-bond donors (Lipinski definition) is 2. The van der Waals surface area contributed by atoms with Gasteiger partial charge in [-0.3, -0.25) is 14.8 Å². The molecule has 7 nitrogen and oxygen atoms in total. The molecule has 23 heavy (non-hydrogen) atoms. The fraction of sp³-hybridized carbons (Fsp3) is 0. The molecule has 0 saturated heterocycles. The number of thiocarbonyl (C=S) groups is 1. The molecule has 120 valence electrons. The summed E-state index contributed by atoms with van der Waals surface area (Å²) >= 11 is 10.8. The third-order valence-electron chi connectivity index (χ3n) is 2.69. The van der Waals surface area contributed by atoms with Gasteiger partial charge < -0.3 is 5.32 Å². The lowest BCUT2D eigenvalue weighted by Gasteiger charge is -2.12. The van der Waals surface area contributed by atoms with Gasteiger partial charge in [0.15, 0.2) is 5.11 Å². The minimum Gasteiger partial charge on any atom is -0.331 e. The van der Waals surface area contributed by atoms with Crippen molar-refractivity contribution in [2.75, 3.05) is 5.32 Å². The van der Waals surface area contributed by atoms with E-state index in [4.69, 9.17) is 23.8 Å². The van der Waals surface area contributed by atoms with Gasteiger partial charge in [0.05, 0.1) is 20.5 Å². The Bertz CT molecular complexity index is 857. The summed E-state index contributed by atoms with van der Waals surface area (Å²) in [6.07, 6.45) is 0. The molecule has 0 unspecified atom stereocenters. The molecule has 0 fully saturated rings. The lowest BCUT2D eigenvalue weighted by molar-refractivity contribution is -0.384. The fourth-order valence-corrected chi connectivity index (χ4v) is 3.24. The van der Waals surface area contributed by atoms with Crippen molar-refractivity contribution in [3.8, 4) is 0 Å². The Morgan fingerprint density at radius 3 is 2.39 bits per heavy atom. The predicted molar refractivity (Wildman–Crippen MR) is 91.1 cm³/mol. The fourth-order valence-electron chi connectivity index (χ4n) is 1.65. The maximum atomic E-state index is 12.1. The van der Waals surface area contributed by atoms with Crippen LogP contribution in [0.5, 0.6) is 0 Å². The van der Waals surface area contributed by atoms with E-state index < -0.39 is 14.9 Å². The summed E-state index contributed by atoms with van der Waals surface area (Å²) in [4.78, 5) is 10.1. The van der Waals surface area contributed by atoms with Crippen LogP contribution in [0.4, 0.5) is 11.4 Å². The first-order valence-electron chi connectivity index (χ1n) is 6.12. The molecule has 0 spiro atoms. The van der Waals surface area contributed by atoms with Gasteiger partial charge in [-0.15, -0.1) is 0 Å². The van der Waals surface area contributed by atoms with E-state index in [2.05, 4.69) is 10.0 Å². The average Bonchev–Trinajstić information content (AvgIpc) is 2.49. The molecule has 0 atom stereocenters. The summed E-state index contributed by atoms with van der Waals surface area (Å²) in [6, 6.07) is 11.4. The van der Waals surface area contributed by atoms with E-state index >= 15 is 0 Å². The summed E-state index contributed by atoms with van der Waals surface area (Å²) in [5, 5.41) is 13.1. The van der Waals surface area contributed by atoms with E-state index in [-0.39, 0.29) is 26.4 Å². The first kappa shape index (κ1) is 17.1. The molecule has 0 aliphatic carbocycles. The quantitative estimate of drug-likeness (QED) is 0.486. The highest BCUT2D eigenvalue weighted by Crippen LogP contribution is 2.26. The minimum atomic E-state index is -3.82. The Balaban J connectivity index is 2.13. The second kappa shape index (κ2) is 6.90. The molecule has 2 N–H and O–H groups in total. The van der Waals surface area contributed by atoms with Crippen LogP contribution in [-0.4, -0.2) is 18.5 Å². The van der Waals surface area contributed by atoms with Crippen LogP contribution in [0, 0.1) is 10.1 Å². The number of halogens is 1. The number of hydrogen-bond acceptors (Lipinski definition) is 5. The van der Waals surface area contributed by atoms with Crippen LogP contribution in [0.1, 0.15) is 0 Å². The molecule has 0 bridgehead atoms. The predicted octanol–water partition coefficient (Wildman–Crippen LogP) is 2.92. The molecule has 10 heteroatoms. The van der Waals surface area contributed by atoms with Crippen LogP contribution in [0.3, 0.4) is 0 Å². The third-order valence-corrected chi connectivity index (χ3v) is 4.70. The van der Waals surface area contributed by atoms with Crippen molar-refractivity contribution in [1.29, 1.82) is 0 Å². The first-order valence-corrected chi connectivity index (χ1v) is 8.39. The first-order chi connectivity index (χ1) is 10.8. The van der Waals surface area contributed by atoms with Gasteiger partial charge in [-0.1, -0.05) is 29.8 Å². The molecule has 0 saturated carbocycles. The van der Waals surface area contributed by atoms with E-state index in [0.29, 0.717) is 0 Å². The molecule has 0 amide bonds. The van der Waals surface area contributed by atoms with Crippen molar-refractivity contribution in [2.45, 2.75) is 4.90 Å². The molecule has 0 heterocycles. The van der Waals surface area contributed by atoms with Crippen molar-refractivity contribution >= 4 is 50.3 Å². The van der Waals surface area contributed by atoms with Gasteiger partial charge in [0.1, 0.15) is 0 Å². The summed E-state index contributed by atoms with van der Waals surface area (Å²) in [5.74, 6) is 0. The number of nitro benzene ring substituents is 1. The summed E-state index contributed by atoms with van der Waals surface area (Å²) in [7, 11) is -3.82. The Labute approximate surface area is 142 Å².